The van der Waals surface area contributed by atoms with Crippen molar-refractivity contribution in [2.24, 2.45) is 0 Å². The number of nitrogens with zero attached hydrogens (tertiary/aromatic N) is 1. The maximum absolute atomic E-state index is 12.9. The number of amides is 2. The molecule has 4 rings (SSSR count). The fraction of sp³-hybridized carbons (Fsp3) is 0.192. The summed E-state index contributed by atoms with van der Waals surface area (Å²) in [5, 5.41) is 1.63. The van der Waals surface area contributed by atoms with E-state index in [-0.39, 0.29) is 40.5 Å². The molecular formula is C26H23NO7S. The molecule has 0 aliphatic carbocycles. The summed E-state index contributed by atoms with van der Waals surface area (Å²) in [5.41, 5.74) is 0.548. The van der Waals surface area contributed by atoms with Crippen LogP contribution in [0.15, 0.2) is 59.5 Å². The molecule has 2 amide bonds. The fourth-order valence-electron chi connectivity index (χ4n) is 3.64. The smallest absolute Gasteiger partial charge is 0.308 e. The quantitative estimate of drug-likeness (QED) is 0.249. The number of thioether (sulfide) groups is 1. The predicted molar refractivity (Wildman–Crippen MR) is 133 cm³/mol. The topological polar surface area (TPSA) is 91.4 Å². The lowest BCUT2D eigenvalue weighted by Crippen LogP contribution is -2.32. The van der Waals surface area contributed by atoms with E-state index >= 15 is 0 Å². The third-order valence-corrected chi connectivity index (χ3v) is 6.13. The van der Waals surface area contributed by atoms with Crippen molar-refractivity contribution in [1.82, 2.24) is 4.90 Å². The van der Waals surface area contributed by atoms with Gasteiger partial charge in [0.15, 0.2) is 11.5 Å². The van der Waals surface area contributed by atoms with Crippen LogP contribution in [0.25, 0.3) is 16.8 Å². The van der Waals surface area contributed by atoms with Crippen molar-refractivity contribution < 1.29 is 33.3 Å². The summed E-state index contributed by atoms with van der Waals surface area (Å²) >= 11 is 0.843. The average Bonchev–Trinajstić information content (AvgIpc) is 3.11. The minimum absolute atomic E-state index is 0.114. The van der Waals surface area contributed by atoms with E-state index in [2.05, 4.69) is 0 Å². The summed E-state index contributed by atoms with van der Waals surface area (Å²) < 4.78 is 21.7. The van der Waals surface area contributed by atoms with Crippen molar-refractivity contribution in [3.8, 4) is 23.0 Å². The largest absolute Gasteiger partial charge is 0.493 e. The molecular weight excluding hydrogens is 470 g/mol. The van der Waals surface area contributed by atoms with Crippen LogP contribution in [0, 0.1) is 0 Å². The number of fused-ring (bicyclic) bond motifs is 1. The highest BCUT2D eigenvalue weighted by atomic mass is 32.2. The highest BCUT2D eigenvalue weighted by molar-refractivity contribution is 8.18. The Bertz CT molecular complexity index is 1300. The summed E-state index contributed by atoms with van der Waals surface area (Å²) in [4.78, 5) is 38.3. The van der Waals surface area contributed by atoms with Crippen molar-refractivity contribution in [1.29, 1.82) is 0 Å². The first kappa shape index (κ1) is 24.2. The van der Waals surface area contributed by atoms with Crippen LogP contribution < -0.4 is 18.9 Å². The van der Waals surface area contributed by atoms with Gasteiger partial charge < -0.3 is 18.9 Å². The number of methoxy groups -OCH3 is 2. The lowest BCUT2D eigenvalue weighted by atomic mass is 10.1. The fourth-order valence-corrected chi connectivity index (χ4v) is 4.51. The second kappa shape index (κ2) is 10.5. The van der Waals surface area contributed by atoms with E-state index in [0.29, 0.717) is 11.3 Å². The molecule has 1 heterocycles. The molecule has 8 nitrogen and oxygen atoms in total. The first-order valence-corrected chi connectivity index (χ1v) is 11.5. The molecule has 35 heavy (non-hydrogen) atoms. The summed E-state index contributed by atoms with van der Waals surface area (Å²) in [6, 6.07) is 16.8. The maximum Gasteiger partial charge on any atom is 0.308 e. The number of imide groups is 1. The van der Waals surface area contributed by atoms with Gasteiger partial charge >= 0.3 is 5.97 Å². The third-order valence-electron chi connectivity index (χ3n) is 5.22. The molecule has 0 radical (unpaired) electrons. The van der Waals surface area contributed by atoms with Crippen LogP contribution in [-0.4, -0.2) is 49.4 Å². The number of hydrogen-bond donors (Lipinski definition) is 0. The van der Waals surface area contributed by atoms with Gasteiger partial charge in [0.2, 0.25) is 5.75 Å². The van der Waals surface area contributed by atoms with Crippen LogP contribution in [0.1, 0.15) is 12.5 Å². The van der Waals surface area contributed by atoms with Gasteiger partial charge in [-0.1, -0.05) is 36.4 Å². The highest BCUT2D eigenvalue weighted by Crippen LogP contribution is 2.40. The van der Waals surface area contributed by atoms with E-state index in [9.17, 15) is 14.4 Å². The maximum atomic E-state index is 12.9. The van der Waals surface area contributed by atoms with E-state index in [4.69, 9.17) is 18.9 Å². The van der Waals surface area contributed by atoms with Gasteiger partial charge in [-0.3, -0.25) is 19.3 Å². The molecule has 1 fully saturated rings. The predicted octanol–water partition coefficient (Wildman–Crippen LogP) is 4.90. The van der Waals surface area contributed by atoms with Crippen molar-refractivity contribution in [2.45, 2.75) is 6.92 Å². The molecule has 0 atom stereocenters. The minimum Gasteiger partial charge on any atom is -0.493 e. The molecule has 0 spiro atoms. The Morgan fingerprint density at radius 3 is 2.34 bits per heavy atom. The molecule has 0 N–H and O–H groups in total. The van der Waals surface area contributed by atoms with Crippen LogP contribution in [-0.2, 0) is 9.59 Å². The van der Waals surface area contributed by atoms with E-state index in [1.807, 2.05) is 42.5 Å². The molecule has 1 aliphatic heterocycles. The van der Waals surface area contributed by atoms with Crippen LogP contribution in [0.3, 0.4) is 0 Å². The summed E-state index contributed by atoms with van der Waals surface area (Å²) in [5.74, 6) is 0.405. The Hall–Kier alpha value is -3.98. The zero-order valence-electron chi connectivity index (χ0n) is 19.4. The Balaban J connectivity index is 1.49. The zero-order chi connectivity index (χ0) is 24.9. The van der Waals surface area contributed by atoms with Crippen LogP contribution in [0.4, 0.5) is 4.79 Å². The van der Waals surface area contributed by atoms with Crippen LogP contribution >= 0.6 is 11.8 Å². The van der Waals surface area contributed by atoms with Gasteiger partial charge in [0, 0.05) is 12.3 Å². The number of hydrogen-bond acceptors (Lipinski definition) is 8. The number of ether oxygens (including phenoxy) is 4. The minimum atomic E-state index is -0.527. The van der Waals surface area contributed by atoms with E-state index < -0.39 is 11.9 Å². The number of benzene rings is 3. The summed E-state index contributed by atoms with van der Waals surface area (Å²) in [6.07, 6.45) is 1.57. The second-order valence-electron chi connectivity index (χ2n) is 7.51. The average molecular weight is 494 g/mol. The first-order chi connectivity index (χ1) is 16.9. The highest BCUT2D eigenvalue weighted by Gasteiger charge is 2.35. The van der Waals surface area contributed by atoms with Crippen molar-refractivity contribution in [2.75, 3.05) is 27.4 Å². The molecule has 0 saturated carbocycles. The monoisotopic (exact) mass is 493 g/mol. The molecule has 0 bridgehead atoms. The van der Waals surface area contributed by atoms with Gasteiger partial charge in [-0.05, 0) is 47.0 Å². The lowest BCUT2D eigenvalue weighted by Gasteiger charge is -2.14. The lowest BCUT2D eigenvalue weighted by molar-refractivity contribution is -0.132. The van der Waals surface area contributed by atoms with Crippen LogP contribution in [0.2, 0.25) is 0 Å². The van der Waals surface area contributed by atoms with Crippen molar-refractivity contribution in [3.63, 3.8) is 0 Å². The standard InChI is InChI=1S/C26H23NO7S/c1-16(28)34-24-21(31-2)13-17(14-22(24)32-3)15-23-25(29)27(26(30)35-23)11-12-33-20-10-6-8-18-7-4-5-9-19(18)20/h4-10,13-15H,11-12H2,1-3H3/b23-15-. The number of carbonyl (C=O) groups excluding carboxylic acids is 3. The first-order valence-electron chi connectivity index (χ1n) is 10.7. The summed E-state index contributed by atoms with van der Waals surface area (Å²) in [7, 11) is 2.85. The molecule has 0 unspecified atom stereocenters. The molecule has 180 valence electrons. The Morgan fingerprint density at radius 2 is 1.66 bits per heavy atom. The summed E-state index contributed by atoms with van der Waals surface area (Å²) in [6.45, 7) is 1.55. The zero-order valence-corrected chi connectivity index (χ0v) is 20.2. The van der Waals surface area contributed by atoms with Gasteiger partial charge in [-0.15, -0.1) is 0 Å². The Morgan fingerprint density at radius 1 is 0.971 bits per heavy atom. The number of esters is 1. The van der Waals surface area contributed by atoms with E-state index in [1.54, 1.807) is 18.2 Å². The molecule has 1 aliphatic rings. The van der Waals surface area contributed by atoms with Gasteiger partial charge in [-0.2, -0.15) is 0 Å². The molecule has 9 heteroatoms. The number of carbonyl (C=O) groups is 3. The molecule has 3 aromatic rings. The van der Waals surface area contributed by atoms with Gasteiger partial charge in [0.05, 0.1) is 25.7 Å². The van der Waals surface area contributed by atoms with Crippen LogP contribution in [0.5, 0.6) is 23.0 Å². The molecule has 3 aromatic carbocycles. The van der Waals surface area contributed by atoms with E-state index in [0.717, 1.165) is 27.4 Å². The SMILES string of the molecule is COc1cc(/C=C2\SC(=O)N(CCOc3cccc4ccccc34)C2=O)cc(OC)c1OC(C)=O. The molecule has 0 aromatic heterocycles. The Kier molecular flexibility index (Phi) is 7.26. The Labute approximate surface area is 206 Å². The van der Waals surface area contributed by atoms with Gasteiger partial charge in [0.1, 0.15) is 12.4 Å². The van der Waals surface area contributed by atoms with Crippen molar-refractivity contribution >= 4 is 45.7 Å². The third kappa shape index (κ3) is 5.25. The van der Waals surface area contributed by atoms with E-state index in [1.165, 1.54) is 21.1 Å². The van der Waals surface area contributed by atoms with Gasteiger partial charge in [0.25, 0.3) is 11.1 Å². The van der Waals surface area contributed by atoms with Gasteiger partial charge in [-0.25, -0.2) is 0 Å². The molecule has 1 saturated heterocycles. The number of rotatable bonds is 8. The normalized spacial score (nSPS) is 14.5. The van der Waals surface area contributed by atoms with Crippen molar-refractivity contribution in [3.05, 3.63) is 65.1 Å². The second-order valence-corrected chi connectivity index (χ2v) is 8.50.